The van der Waals surface area contributed by atoms with Gasteiger partial charge in [-0.05, 0) is 13.3 Å². The topological polar surface area (TPSA) is 45.1 Å². The van der Waals surface area contributed by atoms with Gasteiger partial charge in [0.25, 0.3) is 0 Å². The summed E-state index contributed by atoms with van der Waals surface area (Å²) < 4.78 is 0. The van der Waals surface area contributed by atoms with Crippen LogP contribution >= 0.6 is 11.3 Å². The van der Waals surface area contributed by atoms with E-state index in [-0.39, 0.29) is 12.1 Å². The van der Waals surface area contributed by atoms with Crippen molar-refractivity contribution < 1.29 is 5.11 Å². The van der Waals surface area contributed by atoms with Crippen molar-refractivity contribution in [1.82, 2.24) is 10.3 Å². The minimum Gasteiger partial charge on any atom is -0.394 e. The highest BCUT2D eigenvalue weighted by atomic mass is 32.1. The summed E-state index contributed by atoms with van der Waals surface area (Å²) in [6.45, 7) is 5.15. The van der Waals surface area contributed by atoms with Gasteiger partial charge in [0, 0.05) is 23.2 Å². The Balaban J connectivity index is 2.41. The molecule has 0 aromatic carbocycles. The molecule has 3 nitrogen and oxygen atoms in total. The molecular weight excluding hydrogens is 196 g/mol. The second-order valence-corrected chi connectivity index (χ2v) is 4.76. The zero-order valence-corrected chi connectivity index (χ0v) is 9.60. The van der Waals surface area contributed by atoms with Gasteiger partial charge < -0.3 is 10.4 Å². The molecule has 1 unspecified atom stereocenters. The lowest BCUT2D eigenvalue weighted by Crippen LogP contribution is -2.44. The molecule has 0 aliphatic heterocycles. The van der Waals surface area contributed by atoms with Crippen LogP contribution in [0, 0.1) is 0 Å². The normalized spacial score (nSPS) is 15.4. The molecule has 0 aliphatic carbocycles. The quantitative estimate of drug-likeness (QED) is 0.759. The van der Waals surface area contributed by atoms with Crippen LogP contribution in [-0.2, 0) is 6.54 Å². The average Bonchev–Trinajstić information content (AvgIpc) is 2.68. The second kappa shape index (κ2) is 5.44. The fraction of sp³-hybridized carbons (Fsp3) is 0.700. The Morgan fingerprint density at radius 3 is 2.93 bits per heavy atom. The van der Waals surface area contributed by atoms with E-state index in [4.69, 9.17) is 0 Å². The average molecular weight is 214 g/mol. The number of nitrogens with zero attached hydrogens (tertiary/aromatic N) is 1. The molecule has 0 bridgehead atoms. The van der Waals surface area contributed by atoms with E-state index in [9.17, 15) is 5.11 Å². The molecule has 0 aliphatic rings. The van der Waals surface area contributed by atoms with Crippen LogP contribution in [0.15, 0.2) is 11.7 Å². The van der Waals surface area contributed by atoms with Crippen LogP contribution in [0.2, 0.25) is 0 Å². The fourth-order valence-corrected chi connectivity index (χ4v) is 1.94. The number of thiazole rings is 1. The number of rotatable bonds is 6. The van der Waals surface area contributed by atoms with Crippen molar-refractivity contribution in [1.29, 1.82) is 0 Å². The Kier molecular flexibility index (Phi) is 4.51. The van der Waals surface area contributed by atoms with E-state index in [1.54, 1.807) is 11.3 Å². The van der Waals surface area contributed by atoms with E-state index in [1.165, 1.54) is 4.88 Å². The molecule has 0 spiro atoms. The van der Waals surface area contributed by atoms with Crippen molar-refractivity contribution in [2.24, 2.45) is 0 Å². The zero-order valence-electron chi connectivity index (χ0n) is 8.79. The van der Waals surface area contributed by atoms with Crippen molar-refractivity contribution in [3.05, 3.63) is 16.6 Å². The summed E-state index contributed by atoms with van der Waals surface area (Å²) in [5, 5.41) is 12.6. The maximum Gasteiger partial charge on any atom is 0.0794 e. The van der Waals surface area contributed by atoms with E-state index in [0.717, 1.165) is 19.4 Å². The molecule has 14 heavy (non-hydrogen) atoms. The summed E-state index contributed by atoms with van der Waals surface area (Å²) in [5.74, 6) is 0. The standard InChI is InChI=1S/C10H18N2OS/c1-3-4-10(2,7-13)12-6-9-5-11-8-14-9/h5,8,12-13H,3-4,6-7H2,1-2H3. The Bertz CT molecular complexity index is 251. The van der Waals surface area contributed by atoms with Crippen LogP contribution in [-0.4, -0.2) is 22.2 Å². The minimum atomic E-state index is -0.154. The minimum absolute atomic E-state index is 0.154. The second-order valence-electron chi connectivity index (χ2n) is 3.79. The Morgan fingerprint density at radius 2 is 2.43 bits per heavy atom. The number of hydrogen-bond acceptors (Lipinski definition) is 4. The Labute approximate surface area is 89.2 Å². The molecule has 0 amide bonds. The van der Waals surface area contributed by atoms with Crippen molar-refractivity contribution in [3.63, 3.8) is 0 Å². The first-order valence-corrected chi connectivity index (χ1v) is 5.81. The summed E-state index contributed by atoms with van der Waals surface area (Å²) in [6, 6.07) is 0. The number of nitrogens with one attached hydrogen (secondary N) is 1. The molecule has 1 atom stereocenters. The number of aliphatic hydroxyl groups is 1. The van der Waals surface area contributed by atoms with Crippen molar-refractivity contribution in [2.75, 3.05) is 6.61 Å². The summed E-state index contributed by atoms with van der Waals surface area (Å²) in [7, 11) is 0. The molecule has 0 radical (unpaired) electrons. The van der Waals surface area contributed by atoms with Crippen LogP contribution in [0.3, 0.4) is 0 Å². The molecule has 1 aromatic heterocycles. The molecule has 1 heterocycles. The van der Waals surface area contributed by atoms with Crippen molar-refractivity contribution in [2.45, 2.75) is 38.8 Å². The van der Waals surface area contributed by atoms with Crippen LogP contribution in [0.4, 0.5) is 0 Å². The summed E-state index contributed by atoms with van der Waals surface area (Å²) in [4.78, 5) is 5.22. The molecule has 80 valence electrons. The molecule has 0 saturated carbocycles. The molecular formula is C10H18N2OS. The van der Waals surface area contributed by atoms with E-state index >= 15 is 0 Å². The summed E-state index contributed by atoms with van der Waals surface area (Å²) in [6.07, 6.45) is 3.93. The zero-order chi connectivity index (χ0) is 10.4. The maximum atomic E-state index is 9.27. The van der Waals surface area contributed by atoms with E-state index in [1.807, 2.05) is 11.7 Å². The van der Waals surface area contributed by atoms with Gasteiger partial charge in [0.2, 0.25) is 0 Å². The lowest BCUT2D eigenvalue weighted by atomic mass is 9.97. The van der Waals surface area contributed by atoms with Gasteiger partial charge in [-0.25, -0.2) is 0 Å². The van der Waals surface area contributed by atoms with Gasteiger partial charge in [0.15, 0.2) is 0 Å². The van der Waals surface area contributed by atoms with Crippen molar-refractivity contribution in [3.8, 4) is 0 Å². The predicted molar refractivity (Wildman–Crippen MR) is 59.4 cm³/mol. The third kappa shape index (κ3) is 3.36. The Hall–Kier alpha value is -0.450. The SMILES string of the molecule is CCCC(C)(CO)NCc1cncs1. The molecule has 2 N–H and O–H groups in total. The van der Waals surface area contributed by atoms with Gasteiger partial charge in [-0.1, -0.05) is 13.3 Å². The maximum absolute atomic E-state index is 9.27. The molecule has 0 fully saturated rings. The monoisotopic (exact) mass is 214 g/mol. The van der Waals surface area contributed by atoms with Crippen LogP contribution < -0.4 is 5.32 Å². The highest BCUT2D eigenvalue weighted by Crippen LogP contribution is 2.13. The number of aromatic nitrogens is 1. The van der Waals surface area contributed by atoms with Gasteiger partial charge in [-0.2, -0.15) is 0 Å². The first kappa shape index (κ1) is 11.6. The highest BCUT2D eigenvalue weighted by molar-refractivity contribution is 7.09. The van der Waals surface area contributed by atoms with Crippen molar-refractivity contribution >= 4 is 11.3 Å². The van der Waals surface area contributed by atoms with Crippen LogP contribution in [0.25, 0.3) is 0 Å². The lowest BCUT2D eigenvalue weighted by Gasteiger charge is -2.28. The summed E-state index contributed by atoms with van der Waals surface area (Å²) >= 11 is 1.64. The van der Waals surface area contributed by atoms with Gasteiger partial charge in [-0.3, -0.25) is 4.98 Å². The first-order chi connectivity index (χ1) is 6.70. The van der Waals surface area contributed by atoms with E-state index in [2.05, 4.69) is 24.1 Å². The van der Waals surface area contributed by atoms with Crippen LogP contribution in [0.5, 0.6) is 0 Å². The van der Waals surface area contributed by atoms with Gasteiger partial charge >= 0.3 is 0 Å². The molecule has 1 aromatic rings. The predicted octanol–water partition coefficient (Wildman–Crippen LogP) is 1.78. The fourth-order valence-electron chi connectivity index (χ4n) is 1.41. The third-order valence-corrected chi connectivity index (χ3v) is 3.10. The smallest absolute Gasteiger partial charge is 0.0794 e. The number of hydrogen-bond donors (Lipinski definition) is 2. The highest BCUT2D eigenvalue weighted by Gasteiger charge is 2.21. The molecule has 1 rings (SSSR count). The Morgan fingerprint density at radius 1 is 1.64 bits per heavy atom. The summed E-state index contributed by atoms with van der Waals surface area (Å²) in [5.41, 5.74) is 1.67. The van der Waals surface area contributed by atoms with Gasteiger partial charge in [0.05, 0.1) is 12.1 Å². The molecule has 4 heteroatoms. The van der Waals surface area contributed by atoms with Crippen LogP contribution in [0.1, 0.15) is 31.6 Å². The first-order valence-electron chi connectivity index (χ1n) is 4.93. The van der Waals surface area contributed by atoms with E-state index in [0.29, 0.717) is 0 Å². The number of aliphatic hydroxyl groups excluding tert-OH is 1. The van der Waals surface area contributed by atoms with E-state index < -0.39 is 0 Å². The largest absolute Gasteiger partial charge is 0.394 e. The third-order valence-electron chi connectivity index (χ3n) is 2.32. The lowest BCUT2D eigenvalue weighted by molar-refractivity contribution is 0.163. The molecule has 0 saturated heterocycles. The van der Waals surface area contributed by atoms with Gasteiger partial charge in [-0.15, -0.1) is 11.3 Å². The van der Waals surface area contributed by atoms with Gasteiger partial charge in [0.1, 0.15) is 0 Å².